The molecule has 6 heteroatoms. The molecule has 0 bridgehead atoms. The van der Waals surface area contributed by atoms with Crippen LogP contribution in [-0.2, 0) is 9.53 Å². The molecule has 0 spiro atoms. The van der Waals surface area contributed by atoms with E-state index in [-0.39, 0.29) is 5.91 Å². The molecule has 1 aliphatic heterocycles. The first-order chi connectivity index (χ1) is 15.2. The number of thioether (sulfide) groups is 1. The van der Waals surface area contributed by atoms with Gasteiger partial charge in [-0.25, -0.2) is 4.99 Å². The molecule has 1 amide bonds. The Hall–Kier alpha value is -3.09. The van der Waals surface area contributed by atoms with Gasteiger partial charge in [-0.15, -0.1) is 0 Å². The van der Waals surface area contributed by atoms with Crippen molar-refractivity contribution in [2.75, 3.05) is 26.9 Å². The second-order valence-electron chi connectivity index (χ2n) is 6.90. The molecule has 0 aliphatic carbocycles. The van der Waals surface area contributed by atoms with Gasteiger partial charge in [-0.2, -0.15) is 0 Å². The van der Waals surface area contributed by atoms with E-state index in [9.17, 15) is 4.79 Å². The van der Waals surface area contributed by atoms with Crippen LogP contribution in [0.1, 0.15) is 12.5 Å². The molecule has 0 radical (unpaired) electrons. The molecule has 0 N–H and O–H groups in total. The number of aliphatic imine (C=N–C) groups is 1. The largest absolute Gasteiger partial charge is 0.496 e. The van der Waals surface area contributed by atoms with E-state index in [0.29, 0.717) is 29.8 Å². The van der Waals surface area contributed by atoms with Crippen LogP contribution in [0.25, 0.3) is 16.8 Å². The number of rotatable bonds is 7. The number of carbonyl (C=O) groups excluding carboxylic acids is 1. The number of amidine groups is 1. The third-order valence-electron chi connectivity index (χ3n) is 4.96. The van der Waals surface area contributed by atoms with E-state index in [1.54, 1.807) is 12.0 Å². The molecule has 0 unspecified atom stereocenters. The van der Waals surface area contributed by atoms with Gasteiger partial charge in [0.15, 0.2) is 5.17 Å². The van der Waals surface area contributed by atoms with Gasteiger partial charge >= 0.3 is 0 Å². The molecule has 0 atom stereocenters. The number of fused-ring (bicyclic) bond motifs is 1. The zero-order valence-electron chi connectivity index (χ0n) is 17.6. The maximum absolute atomic E-state index is 13.2. The van der Waals surface area contributed by atoms with Crippen LogP contribution < -0.4 is 4.74 Å². The molecule has 1 aliphatic rings. The molecule has 5 nitrogen and oxygen atoms in total. The second kappa shape index (κ2) is 9.81. The Kier molecular flexibility index (Phi) is 6.70. The molecular formula is C25H24N2O3S. The van der Waals surface area contributed by atoms with Crippen LogP contribution in [0.4, 0.5) is 5.69 Å². The normalized spacial score (nSPS) is 16.6. The van der Waals surface area contributed by atoms with Crippen LogP contribution in [0.2, 0.25) is 0 Å². The van der Waals surface area contributed by atoms with E-state index in [0.717, 1.165) is 27.8 Å². The van der Waals surface area contributed by atoms with Crippen LogP contribution in [0.3, 0.4) is 0 Å². The first-order valence-electron chi connectivity index (χ1n) is 10.2. The van der Waals surface area contributed by atoms with Crippen molar-refractivity contribution in [3.05, 3.63) is 77.2 Å². The molecule has 158 valence electrons. The highest BCUT2D eigenvalue weighted by atomic mass is 32.2. The van der Waals surface area contributed by atoms with Crippen molar-refractivity contribution in [2.45, 2.75) is 6.92 Å². The third kappa shape index (κ3) is 4.65. The van der Waals surface area contributed by atoms with Crippen LogP contribution in [0.5, 0.6) is 5.75 Å². The smallest absolute Gasteiger partial charge is 0.266 e. The molecule has 0 aromatic heterocycles. The van der Waals surface area contributed by atoms with Crippen molar-refractivity contribution in [1.29, 1.82) is 0 Å². The number of hydrogen-bond acceptors (Lipinski definition) is 5. The number of nitrogens with zero attached hydrogens (tertiary/aromatic N) is 2. The summed E-state index contributed by atoms with van der Waals surface area (Å²) < 4.78 is 11.0. The molecule has 3 aromatic rings. The number of hydrogen-bond donors (Lipinski definition) is 0. The van der Waals surface area contributed by atoms with Crippen molar-refractivity contribution in [3.8, 4) is 5.75 Å². The van der Waals surface area contributed by atoms with Gasteiger partial charge in [0.25, 0.3) is 5.91 Å². The standard InChI is InChI=1S/C25H24N2O3S/c1-3-30-16-15-27-24(28)23(31-25(27)26-19-9-5-4-6-10-19)17-18-13-14-22(29-2)21-12-8-7-11-20(18)21/h4-14,17H,3,15-16H2,1-2H3. The lowest BCUT2D eigenvalue weighted by molar-refractivity contribution is -0.122. The molecule has 3 aromatic carbocycles. The number of para-hydroxylation sites is 1. The summed E-state index contributed by atoms with van der Waals surface area (Å²) in [5.74, 6) is 0.757. The van der Waals surface area contributed by atoms with Gasteiger partial charge in [0, 0.05) is 12.0 Å². The Morgan fingerprint density at radius 1 is 1.00 bits per heavy atom. The van der Waals surface area contributed by atoms with E-state index >= 15 is 0 Å². The maximum Gasteiger partial charge on any atom is 0.266 e. The number of benzene rings is 3. The Labute approximate surface area is 186 Å². The van der Waals surface area contributed by atoms with Gasteiger partial charge in [0.2, 0.25) is 0 Å². The van der Waals surface area contributed by atoms with E-state index in [4.69, 9.17) is 14.5 Å². The number of amides is 1. The first kappa shape index (κ1) is 21.2. The fraction of sp³-hybridized carbons (Fsp3) is 0.200. The predicted molar refractivity (Wildman–Crippen MR) is 128 cm³/mol. The topological polar surface area (TPSA) is 51.1 Å². The van der Waals surface area contributed by atoms with E-state index in [1.165, 1.54) is 11.8 Å². The summed E-state index contributed by atoms with van der Waals surface area (Å²) in [6.07, 6.45) is 1.94. The van der Waals surface area contributed by atoms with E-state index in [1.807, 2.05) is 79.7 Å². The Morgan fingerprint density at radius 3 is 2.48 bits per heavy atom. The highest BCUT2D eigenvalue weighted by molar-refractivity contribution is 8.18. The Bertz CT molecular complexity index is 1140. The molecule has 4 rings (SSSR count). The van der Waals surface area contributed by atoms with Crippen molar-refractivity contribution in [1.82, 2.24) is 4.90 Å². The molecule has 31 heavy (non-hydrogen) atoms. The summed E-state index contributed by atoms with van der Waals surface area (Å²) in [5, 5.41) is 2.72. The number of ether oxygens (including phenoxy) is 2. The lowest BCUT2D eigenvalue weighted by Crippen LogP contribution is -2.32. The van der Waals surface area contributed by atoms with Crippen LogP contribution in [0, 0.1) is 0 Å². The molecular weight excluding hydrogens is 408 g/mol. The fourth-order valence-electron chi connectivity index (χ4n) is 3.44. The van der Waals surface area contributed by atoms with Gasteiger partial charge in [-0.3, -0.25) is 9.69 Å². The highest BCUT2D eigenvalue weighted by Crippen LogP contribution is 2.36. The lowest BCUT2D eigenvalue weighted by Gasteiger charge is -2.15. The van der Waals surface area contributed by atoms with Gasteiger partial charge in [-0.1, -0.05) is 48.5 Å². The maximum atomic E-state index is 13.2. The second-order valence-corrected chi connectivity index (χ2v) is 7.91. The summed E-state index contributed by atoms with van der Waals surface area (Å²) in [5.41, 5.74) is 1.79. The van der Waals surface area contributed by atoms with Gasteiger partial charge in [-0.05, 0) is 53.9 Å². The summed E-state index contributed by atoms with van der Waals surface area (Å²) in [6, 6.07) is 21.6. The minimum atomic E-state index is -0.0562. The Morgan fingerprint density at radius 2 is 1.74 bits per heavy atom. The molecule has 1 heterocycles. The van der Waals surface area contributed by atoms with Crippen LogP contribution >= 0.6 is 11.8 Å². The average Bonchev–Trinajstić information content (AvgIpc) is 3.09. The SMILES string of the molecule is CCOCCN1C(=O)C(=Cc2ccc(OC)c3ccccc23)SC1=Nc1ccccc1. The van der Waals surface area contributed by atoms with E-state index < -0.39 is 0 Å². The van der Waals surface area contributed by atoms with Gasteiger partial charge in [0.1, 0.15) is 5.75 Å². The number of methoxy groups -OCH3 is 1. The van der Waals surface area contributed by atoms with Crippen molar-refractivity contribution >= 4 is 45.4 Å². The van der Waals surface area contributed by atoms with Gasteiger partial charge < -0.3 is 9.47 Å². The minimum absolute atomic E-state index is 0.0562. The van der Waals surface area contributed by atoms with Crippen LogP contribution in [0.15, 0.2) is 76.6 Å². The fourth-order valence-corrected chi connectivity index (χ4v) is 4.46. The number of carbonyl (C=O) groups is 1. The quantitative estimate of drug-likeness (QED) is 0.366. The highest BCUT2D eigenvalue weighted by Gasteiger charge is 2.33. The van der Waals surface area contributed by atoms with Crippen LogP contribution in [-0.4, -0.2) is 42.8 Å². The zero-order valence-corrected chi connectivity index (χ0v) is 18.4. The summed E-state index contributed by atoms with van der Waals surface area (Å²) in [7, 11) is 1.67. The lowest BCUT2D eigenvalue weighted by atomic mass is 10.0. The summed E-state index contributed by atoms with van der Waals surface area (Å²) in [6.45, 7) is 3.49. The molecule has 1 saturated heterocycles. The first-order valence-corrected chi connectivity index (χ1v) is 11.0. The van der Waals surface area contributed by atoms with Crippen molar-refractivity contribution < 1.29 is 14.3 Å². The minimum Gasteiger partial charge on any atom is -0.496 e. The zero-order chi connectivity index (χ0) is 21.6. The summed E-state index contributed by atoms with van der Waals surface area (Å²) in [4.78, 5) is 20.3. The molecule has 0 saturated carbocycles. The average molecular weight is 433 g/mol. The third-order valence-corrected chi connectivity index (χ3v) is 5.96. The molecule has 1 fully saturated rings. The monoisotopic (exact) mass is 432 g/mol. The van der Waals surface area contributed by atoms with Gasteiger partial charge in [0.05, 0.1) is 30.9 Å². The van der Waals surface area contributed by atoms with E-state index in [2.05, 4.69) is 0 Å². The summed E-state index contributed by atoms with van der Waals surface area (Å²) >= 11 is 1.39. The van der Waals surface area contributed by atoms with Crippen molar-refractivity contribution in [2.24, 2.45) is 4.99 Å². The Balaban J connectivity index is 1.72. The predicted octanol–water partition coefficient (Wildman–Crippen LogP) is 5.49. The van der Waals surface area contributed by atoms with Crippen molar-refractivity contribution in [3.63, 3.8) is 0 Å².